The average molecular weight is 261 g/mol. The first-order chi connectivity index (χ1) is 6.54. The van der Waals surface area contributed by atoms with Gasteiger partial charge in [-0.3, -0.25) is 0 Å². The first-order valence-electron chi connectivity index (χ1n) is 3.53. The largest absolute Gasteiger partial charge is 0.433 e. The van der Waals surface area contributed by atoms with Gasteiger partial charge in [0.2, 0.25) is 0 Å². The smallest absolute Gasteiger partial charge is 0.387 e. The molecule has 0 unspecified atom stereocenters. The van der Waals surface area contributed by atoms with Crippen LogP contribution >= 0.6 is 34.8 Å². The zero-order chi connectivity index (χ0) is 10.7. The molecule has 78 valence electrons. The summed E-state index contributed by atoms with van der Waals surface area (Å²) in [7, 11) is 0. The van der Waals surface area contributed by atoms with Gasteiger partial charge in [0.25, 0.3) is 0 Å². The maximum Gasteiger partial charge on any atom is 0.387 e. The van der Waals surface area contributed by atoms with Crippen molar-refractivity contribution in [2.24, 2.45) is 0 Å². The molecule has 0 aliphatic heterocycles. The second kappa shape index (κ2) is 5.01. The summed E-state index contributed by atoms with van der Waals surface area (Å²) in [6, 6.07) is 2.71. The molecular weight excluding hydrogens is 256 g/mol. The zero-order valence-corrected chi connectivity index (χ0v) is 9.01. The number of alkyl halides is 3. The van der Waals surface area contributed by atoms with Crippen LogP contribution in [0, 0.1) is 0 Å². The van der Waals surface area contributed by atoms with Gasteiger partial charge in [-0.25, -0.2) is 0 Å². The first kappa shape index (κ1) is 11.8. The van der Waals surface area contributed by atoms with E-state index in [2.05, 4.69) is 4.74 Å². The Kier molecular flexibility index (Phi) is 4.23. The van der Waals surface area contributed by atoms with Crippen LogP contribution in [0.4, 0.5) is 8.78 Å². The van der Waals surface area contributed by atoms with Crippen molar-refractivity contribution in [1.29, 1.82) is 0 Å². The Bertz CT molecular complexity index is 331. The van der Waals surface area contributed by atoms with E-state index >= 15 is 0 Å². The van der Waals surface area contributed by atoms with Gasteiger partial charge in [0.05, 0.1) is 5.02 Å². The molecule has 0 aromatic heterocycles. The quantitative estimate of drug-likeness (QED) is 0.736. The molecule has 0 fully saturated rings. The van der Waals surface area contributed by atoms with E-state index in [1.54, 1.807) is 0 Å². The van der Waals surface area contributed by atoms with Crippen molar-refractivity contribution in [2.45, 2.75) is 12.5 Å². The van der Waals surface area contributed by atoms with Crippen LogP contribution in [0.5, 0.6) is 5.75 Å². The third kappa shape index (κ3) is 2.87. The molecule has 1 aromatic rings. The summed E-state index contributed by atoms with van der Waals surface area (Å²) in [5.74, 6) is -0.0799. The van der Waals surface area contributed by atoms with Gasteiger partial charge in [0.1, 0.15) is 5.75 Å². The minimum atomic E-state index is -2.94. The summed E-state index contributed by atoms with van der Waals surface area (Å²) in [4.78, 5) is 0. The number of hydrogen-bond acceptors (Lipinski definition) is 1. The minimum Gasteiger partial charge on any atom is -0.433 e. The Morgan fingerprint density at radius 3 is 2.43 bits per heavy atom. The van der Waals surface area contributed by atoms with E-state index in [0.29, 0.717) is 5.56 Å². The first-order valence-corrected chi connectivity index (χ1v) is 4.82. The number of benzene rings is 1. The van der Waals surface area contributed by atoms with Gasteiger partial charge >= 0.3 is 6.61 Å². The van der Waals surface area contributed by atoms with Crippen LogP contribution < -0.4 is 4.74 Å². The van der Waals surface area contributed by atoms with Crippen molar-refractivity contribution in [3.8, 4) is 5.75 Å². The molecule has 0 spiro atoms. The predicted octanol–water partition coefficient (Wildman–Crippen LogP) is 4.33. The summed E-state index contributed by atoms with van der Waals surface area (Å²) in [6.45, 7) is -2.94. The van der Waals surface area contributed by atoms with Gasteiger partial charge in [0.15, 0.2) is 0 Å². The normalized spacial score (nSPS) is 10.7. The van der Waals surface area contributed by atoms with E-state index in [0.717, 1.165) is 0 Å². The van der Waals surface area contributed by atoms with Crippen LogP contribution in [0.15, 0.2) is 12.1 Å². The highest BCUT2D eigenvalue weighted by molar-refractivity contribution is 6.35. The summed E-state index contributed by atoms with van der Waals surface area (Å²) < 4.78 is 28.0. The van der Waals surface area contributed by atoms with Gasteiger partial charge in [0, 0.05) is 17.0 Å². The SMILES string of the molecule is FC(F)Oc1cc(Cl)cc(CCl)c1Cl. The molecule has 0 N–H and O–H groups in total. The zero-order valence-electron chi connectivity index (χ0n) is 6.74. The lowest BCUT2D eigenvalue weighted by Gasteiger charge is -2.09. The highest BCUT2D eigenvalue weighted by atomic mass is 35.5. The number of halogens is 5. The van der Waals surface area contributed by atoms with E-state index < -0.39 is 6.61 Å². The number of ether oxygens (including phenoxy) is 1. The van der Waals surface area contributed by atoms with E-state index in [-0.39, 0.29) is 21.7 Å². The number of rotatable bonds is 3. The third-order valence-corrected chi connectivity index (χ3v) is 2.37. The second-order valence-electron chi connectivity index (χ2n) is 2.39. The molecule has 0 bridgehead atoms. The van der Waals surface area contributed by atoms with E-state index in [1.165, 1.54) is 12.1 Å². The molecule has 1 aromatic carbocycles. The molecule has 0 amide bonds. The average Bonchev–Trinajstić information content (AvgIpc) is 2.09. The summed E-state index contributed by atoms with van der Waals surface area (Å²) in [5.41, 5.74) is 0.455. The van der Waals surface area contributed by atoms with Crippen molar-refractivity contribution >= 4 is 34.8 Å². The Balaban J connectivity index is 3.08. The molecule has 0 atom stereocenters. The maximum absolute atomic E-state index is 11.9. The fourth-order valence-electron chi connectivity index (χ4n) is 0.897. The fraction of sp³-hybridized carbons (Fsp3) is 0.250. The lowest BCUT2D eigenvalue weighted by atomic mass is 10.2. The highest BCUT2D eigenvalue weighted by Gasteiger charge is 2.12. The van der Waals surface area contributed by atoms with Gasteiger partial charge in [-0.1, -0.05) is 23.2 Å². The second-order valence-corrected chi connectivity index (χ2v) is 3.47. The fourth-order valence-corrected chi connectivity index (χ4v) is 1.63. The van der Waals surface area contributed by atoms with E-state index in [1.807, 2.05) is 0 Å². The molecule has 0 heterocycles. The van der Waals surface area contributed by atoms with Crippen molar-refractivity contribution < 1.29 is 13.5 Å². The number of hydrogen-bond donors (Lipinski definition) is 0. The summed E-state index contributed by atoms with van der Waals surface area (Å²) >= 11 is 16.9. The standard InChI is InChI=1S/C8H5Cl3F2O/c9-3-4-1-5(10)2-6(7(4)11)14-8(12)13/h1-2,8H,3H2. The van der Waals surface area contributed by atoms with Crippen LogP contribution in [-0.4, -0.2) is 6.61 Å². The molecule has 0 aliphatic rings. The lowest BCUT2D eigenvalue weighted by Crippen LogP contribution is -2.03. The molecule has 6 heteroatoms. The Labute approximate surface area is 94.5 Å². The molecule has 1 rings (SSSR count). The van der Waals surface area contributed by atoms with Crippen LogP contribution in [0.1, 0.15) is 5.56 Å². The van der Waals surface area contributed by atoms with Gasteiger partial charge < -0.3 is 4.74 Å². The monoisotopic (exact) mass is 260 g/mol. The van der Waals surface area contributed by atoms with Crippen molar-refractivity contribution in [2.75, 3.05) is 0 Å². The predicted molar refractivity (Wildman–Crippen MR) is 52.7 cm³/mol. The maximum atomic E-state index is 11.9. The van der Waals surface area contributed by atoms with Gasteiger partial charge in [-0.15, -0.1) is 11.6 Å². The summed E-state index contributed by atoms with van der Waals surface area (Å²) in [6.07, 6.45) is 0. The third-order valence-electron chi connectivity index (χ3n) is 1.44. The Hall–Kier alpha value is -0.250. The van der Waals surface area contributed by atoms with Crippen LogP contribution in [0.25, 0.3) is 0 Å². The summed E-state index contributed by atoms with van der Waals surface area (Å²) in [5, 5.41) is 0.311. The molecule has 0 radical (unpaired) electrons. The molecular formula is C8H5Cl3F2O. The molecule has 0 saturated heterocycles. The van der Waals surface area contributed by atoms with E-state index in [9.17, 15) is 8.78 Å². The van der Waals surface area contributed by atoms with Crippen LogP contribution in [0.3, 0.4) is 0 Å². The van der Waals surface area contributed by atoms with E-state index in [4.69, 9.17) is 34.8 Å². The minimum absolute atomic E-state index is 0.0599. The molecule has 0 saturated carbocycles. The van der Waals surface area contributed by atoms with Crippen LogP contribution in [-0.2, 0) is 5.88 Å². The molecule has 0 aliphatic carbocycles. The lowest BCUT2D eigenvalue weighted by molar-refractivity contribution is -0.0498. The van der Waals surface area contributed by atoms with Crippen molar-refractivity contribution in [3.05, 3.63) is 27.7 Å². The molecule has 1 nitrogen and oxygen atoms in total. The Morgan fingerprint density at radius 2 is 1.93 bits per heavy atom. The topological polar surface area (TPSA) is 9.23 Å². The van der Waals surface area contributed by atoms with Crippen LogP contribution in [0.2, 0.25) is 10.0 Å². The van der Waals surface area contributed by atoms with Gasteiger partial charge in [-0.05, 0) is 11.6 Å². The van der Waals surface area contributed by atoms with Crippen molar-refractivity contribution in [1.82, 2.24) is 0 Å². The van der Waals surface area contributed by atoms with Crippen molar-refractivity contribution in [3.63, 3.8) is 0 Å². The Morgan fingerprint density at radius 1 is 1.29 bits per heavy atom. The van der Waals surface area contributed by atoms with Gasteiger partial charge in [-0.2, -0.15) is 8.78 Å². The molecule has 14 heavy (non-hydrogen) atoms. The highest BCUT2D eigenvalue weighted by Crippen LogP contribution is 2.33.